The third-order valence-corrected chi connectivity index (χ3v) is 6.02. The summed E-state index contributed by atoms with van der Waals surface area (Å²) in [5.41, 5.74) is 2.45. The Balaban J connectivity index is 1.40. The van der Waals surface area contributed by atoms with Gasteiger partial charge < -0.3 is 14.7 Å². The molecule has 0 aliphatic carbocycles. The van der Waals surface area contributed by atoms with Crippen LogP contribution in [0.5, 0.6) is 0 Å². The number of hydrogen-bond donors (Lipinski definition) is 2. The van der Waals surface area contributed by atoms with Crippen molar-refractivity contribution in [3.05, 3.63) is 74.3 Å². The molecule has 9 heteroatoms. The SMILES string of the molecule is CCc1cc(Nc2cc(=O)n(CC3CCN(C(=O)c4ccno4)CC3)c(=O)[nH]2)ccc1C. The summed E-state index contributed by atoms with van der Waals surface area (Å²) in [6.45, 7) is 5.56. The Labute approximate surface area is 185 Å². The van der Waals surface area contributed by atoms with Crippen LogP contribution in [0.1, 0.15) is 41.4 Å². The number of aromatic amines is 1. The van der Waals surface area contributed by atoms with E-state index in [1.807, 2.05) is 18.2 Å². The maximum atomic E-state index is 12.6. The number of anilines is 2. The largest absolute Gasteiger partial charge is 0.351 e. The van der Waals surface area contributed by atoms with Crippen LogP contribution in [0.15, 0.2) is 50.6 Å². The van der Waals surface area contributed by atoms with Crippen LogP contribution in [0.3, 0.4) is 0 Å². The Bertz CT molecular complexity index is 1170. The van der Waals surface area contributed by atoms with Crippen molar-refractivity contribution in [2.24, 2.45) is 5.92 Å². The number of amides is 1. The fraction of sp³-hybridized carbons (Fsp3) is 0.391. The molecule has 1 amide bonds. The summed E-state index contributed by atoms with van der Waals surface area (Å²) in [5.74, 6) is 0.540. The fourth-order valence-electron chi connectivity index (χ4n) is 4.10. The molecule has 4 rings (SSSR count). The van der Waals surface area contributed by atoms with Crippen molar-refractivity contribution >= 4 is 17.4 Å². The van der Waals surface area contributed by atoms with Crippen LogP contribution in [-0.2, 0) is 13.0 Å². The molecule has 1 fully saturated rings. The first-order valence-electron chi connectivity index (χ1n) is 10.8. The molecule has 2 N–H and O–H groups in total. The number of piperidine rings is 1. The number of rotatable bonds is 6. The predicted octanol–water partition coefficient (Wildman–Crippen LogP) is 2.69. The van der Waals surface area contributed by atoms with Crippen LogP contribution < -0.4 is 16.6 Å². The minimum Gasteiger partial charge on any atom is -0.351 e. The van der Waals surface area contributed by atoms with E-state index >= 15 is 0 Å². The van der Waals surface area contributed by atoms with Gasteiger partial charge in [0.05, 0.1) is 6.20 Å². The average molecular weight is 438 g/mol. The molecule has 1 saturated heterocycles. The van der Waals surface area contributed by atoms with E-state index in [9.17, 15) is 14.4 Å². The van der Waals surface area contributed by atoms with Crippen LogP contribution in [0.2, 0.25) is 0 Å². The van der Waals surface area contributed by atoms with Gasteiger partial charge in [-0.2, -0.15) is 0 Å². The molecule has 0 radical (unpaired) electrons. The third-order valence-electron chi connectivity index (χ3n) is 6.02. The second-order valence-electron chi connectivity index (χ2n) is 8.17. The normalized spacial score (nSPS) is 14.5. The number of aryl methyl sites for hydroxylation is 2. The molecule has 3 heterocycles. The zero-order valence-electron chi connectivity index (χ0n) is 18.3. The van der Waals surface area contributed by atoms with Crippen molar-refractivity contribution in [2.45, 2.75) is 39.7 Å². The predicted molar refractivity (Wildman–Crippen MR) is 120 cm³/mol. The molecule has 1 aliphatic rings. The van der Waals surface area contributed by atoms with Crippen LogP contribution in [0.25, 0.3) is 0 Å². The zero-order chi connectivity index (χ0) is 22.7. The minimum atomic E-state index is -0.442. The number of carbonyl (C=O) groups is 1. The highest BCUT2D eigenvalue weighted by Crippen LogP contribution is 2.21. The second-order valence-corrected chi connectivity index (χ2v) is 8.17. The first kappa shape index (κ1) is 21.6. The van der Waals surface area contributed by atoms with Gasteiger partial charge in [0, 0.05) is 37.5 Å². The van der Waals surface area contributed by atoms with E-state index in [2.05, 4.69) is 29.3 Å². The van der Waals surface area contributed by atoms with Crippen LogP contribution in [0, 0.1) is 12.8 Å². The highest BCUT2D eigenvalue weighted by molar-refractivity contribution is 5.91. The van der Waals surface area contributed by atoms with Gasteiger partial charge in [0.2, 0.25) is 5.76 Å². The van der Waals surface area contributed by atoms with E-state index in [0.717, 1.165) is 12.1 Å². The Morgan fingerprint density at radius 2 is 2.00 bits per heavy atom. The van der Waals surface area contributed by atoms with E-state index in [-0.39, 0.29) is 23.1 Å². The van der Waals surface area contributed by atoms with Crippen molar-refractivity contribution in [1.82, 2.24) is 19.6 Å². The molecule has 3 aromatic rings. The van der Waals surface area contributed by atoms with Gasteiger partial charge >= 0.3 is 5.69 Å². The summed E-state index contributed by atoms with van der Waals surface area (Å²) in [5, 5.41) is 6.69. The van der Waals surface area contributed by atoms with Gasteiger partial charge in [-0.3, -0.25) is 19.1 Å². The minimum absolute atomic E-state index is 0.135. The number of carbonyl (C=O) groups excluding carboxylic acids is 1. The monoisotopic (exact) mass is 437 g/mol. The summed E-state index contributed by atoms with van der Waals surface area (Å²) in [4.78, 5) is 42.1. The maximum absolute atomic E-state index is 12.6. The highest BCUT2D eigenvalue weighted by Gasteiger charge is 2.26. The smallest absolute Gasteiger partial charge is 0.329 e. The van der Waals surface area contributed by atoms with E-state index in [0.29, 0.717) is 38.3 Å². The molecular weight excluding hydrogens is 410 g/mol. The maximum Gasteiger partial charge on any atom is 0.329 e. The van der Waals surface area contributed by atoms with E-state index in [1.165, 1.54) is 28.0 Å². The Hall–Kier alpha value is -3.62. The third kappa shape index (κ3) is 4.66. The molecular formula is C23H27N5O4. The number of hydrogen-bond acceptors (Lipinski definition) is 6. The van der Waals surface area contributed by atoms with Gasteiger partial charge in [-0.05, 0) is 55.4 Å². The van der Waals surface area contributed by atoms with Crippen LogP contribution in [0.4, 0.5) is 11.5 Å². The first-order valence-corrected chi connectivity index (χ1v) is 10.8. The molecule has 168 valence electrons. The number of benzene rings is 1. The molecule has 9 nitrogen and oxygen atoms in total. The number of nitrogens with one attached hydrogen (secondary N) is 2. The highest BCUT2D eigenvalue weighted by atomic mass is 16.5. The molecule has 0 atom stereocenters. The van der Waals surface area contributed by atoms with Gasteiger partial charge in [0.25, 0.3) is 11.5 Å². The number of H-pyrrole nitrogens is 1. The lowest BCUT2D eigenvalue weighted by atomic mass is 9.96. The zero-order valence-corrected chi connectivity index (χ0v) is 18.3. The van der Waals surface area contributed by atoms with Gasteiger partial charge in [-0.25, -0.2) is 4.79 Å². The standard InChI is InChI=1S/C23H27N5O4/c1-3-17-12-18(5-4-15(17)2)25-20-13-21(29)28(23(31)26-20)14-16-7-10-27(11-8-16)22(30)19-6-9-24-32-19/h4-6,9,12-13,16,25H,3,7-8,10-11,14H2,1-2H3,(H,26,31). The summed E-state index contributed by atoms with van der Waals surface area (Å²) >= 11 is 0. The number of aromatic nitrogens is 3. The number of likely N-dealkylation sites (tertiary alicyclic amines) is 1. The fourth-order valence-corrected chi connectivity index (χ4v) is 4.10. The first-order chi connectivity index (χ1) is 15.4. The molecule has 32 heavy (non-hydrogen) atoms. The van der Waals surface area contributed by atoms with Crippen LogP contribution in [-0.4, -0.2) is 38.6 Å². The second kappa shape index (κ2) is 9.25. The topological polar surface area (TPSA) is 113 Å². The quantitative estimate of drug-likeness (QED) is 0.613. The molecule has 2 aromatic heterocycles. The van der Waals surface area contributed by atoms with Crippen molar-refractivity contribution in [2.75, 3.05) is 18.4 Å². The lowest BCUT2D eigenvalue weighted by Gasteiger charge is -2.31. The molecule has 1 aromatic carbocycles. The van der Waals surface area contributed by atoms with Gasteiger partial charge in [0.15, 0.2) is 0 Å². The Morgan fingerprint density at radius 3 is 2.66 bits per heavy atom. The number of nitrogens with zero attached hydrogens (tertiary/aromatic N) is 3. The summed E-state index contributed by atoms with van der Waals surface area (Å²) in [6, 6.07) is 8.91. The molecule has 0 spiro atoms. The van der Waals surface area contributed by atoms with Crippen molar-refractivity contribution in [3.63, 3.8) is 0 Å². The lowest BCUT2D eigenvalue weighted by molar-refractivity contribution is 0.0640. The van der Waals surface area contributed by atoms with Crippen molar-refractivity contribution in [3.8, 4) is 0 Å². The molecule has 0 unspecified atom stereocenters. The van der Waals surface area contributed by atoms with Gasteiger partial charge in [0.1, 0.15) is 5.82 Å². The summed E-state index contributed by atoms with van der Waals surface area (Å²) in [7, 11) is 0. The van der Waals surface area contributed by atoms with Crippen molar-refractivity contribution in [1.29, 1.82) is 0 Å². The van der Waals surface area contributed by atoms with Gasteiger partial charge in [-0.15, -0.1) is 0 Å². The van der Waals surface area contributed by atoms with Crippen molar-refractivity contribution < 1.29 is 9.32 Å². The summed E-state index contributed by atoms with van der Waals surface area (Å²) < 4.78 is 6.17. The van der Waals surface area contributed by atoms with E-state index in [1.54, 1.807) is 11.0 Å². The molecule has 1 aliphatic heterocycles. The van der Waals surface area contributed by atoms with Crippen LogP contribution >= 0.6 is 0 Å². The van der Waals surface area contributed by atoms with E-state index < -0.39 is 5.69 Å². The molecule has 0 bridgehead atoms. The lowest BCUT2D eigenvalue weighted by Crippen LogP contribution is -2.42. The average Bonchev–Trinajstić information content (AvgIpc) is 3.32. The molecule has 0 saturated carbocycles. The summed E-state index contributed by atoms with van der Waals surface area (Å²) in [6.07, 6.45) is 3.75. The van der Waals surface area contributed by atoms with Gasteiger partial charge in [-0.1, -0.05) is 18.1 Å². The Kier molecular flexibility index (Phi) is 6.25. The van der Waals surface area contributed by atoms with E-state index in [4.69, 9.17) is 4.52 Å². The Morgan fingerprint density at radius 1 is 1.22 bits per heavy atom.